The monoisotopic (exact) mass is 245 g/mol. The summed E-state index contributed by atoms with van der Waals surface area (Å²) in [6, 6.07) is 3.65. The van der Waals surface area contributed by atoms with Crippen molar-refractivity contribution in [2.45, 2.75) is 13.0 Å². The van der Waals surface area contributed by atoms with E-state index in [2.05, 4.69) is 20.3 Å². The number of rotatable bonds is 2. The van der Waals surface area contributed by atoms with E-state index in [1.807, 2.05) is 6.07 Å². The molecule has 3 heterocycles. The van der Waals surface area contributed by atoms with Gasteiger partial charge in [-0.2, -0.15) is 0 Å². The molecule has 0 aromatic carbocycles. The largest absolute Gasteiger partial charge is 0.467 e. The Morgan fingerprint density at radius 3 is 3.22 bits per heavy atom. The maximum absolute atomic E-state index is 11.6. The fourth-order valence-electron chi connectivity index (χ4n) is 1.81. The van der Waals surface area contributed by atoms with Crippen LogP contribution in [0.2, 0.25) is 0 Å². The van der Waals surface area contributed by atoms with Crippen molar-refractivity contribution in [1.29, 1.82) is 0 Å². The summed E-state index contributed by atoms with van der Waals surface area (Å²) >= 11 is 0. The number of nitrogens with zero attached hydrogens (tertiary/aromatic N) is 2. The highest BCUT2D eigenvalue weighted by Gasteiger charge is 2.21. The van der Waals surface area contributed by atoms with Crippen LogP contribution in [0.25, 0.3) is 0 Å². The van der Waals surface area contributed by atoms with Gasteiger partial charge < -0.3 is 15.5 Å². The molecule has 18 heavy (non-hydrogen) atoms. The van der Waals surface area contributed by atoms with Gasteiger partial charge in [-0.05, 0) is 12.1 Å². The van der Waals surface area contributed by atoms with E-state index in [1.54, 1.807) is 12.3 Å². The number of aromatic nitrogens is 2. The lowest BCUT2D eigenvalue weighted by Gasteiger charge is -1.97. The summed E-state index contributed by atoms with van der Waals surface area (Å²) in [5, 5.41) is 2.94. The summed E-state index contributed by atoms with van der Waals surface area (Å²) in [6.07, 6.45) is 2.07. The first-order valence-corrected chi connectivity index (χ1v) is 5.44. The first kappa shape index (κ1) is 10.6. The number of nitrogens with two attached hydrogens (primary N) is 1. The van der Waals surface area contributed by atoms with Crippen molar-refractivity contribution in [3.63, 3.8) is 0 Å². The van der Waals surface area contributed by atoms with Crippen molar-refractivity contribution >= 4 is 17.5 Å². The number of aromatic amines is 1. The molecule has 0 aliphatic carbocycles. The van der Waals surface area contributed by atoms with E-state index >= 15 is 0 Å². The third-order valence-electron chi connectivity index (χ3n) is 2.62. The van der Waals surface area contributed by atoms with Gasteiger partial charge in [0.25, 0.3) is 5.56 Å². The maximum Gasteiger partial charge on any atom is 0.276 e. The number of amidine groups is 1. The molecule has 0 radical (unpaired) electrons. The molecule has 1 aliphatic rings. The number of nitrogen functional groups attached to an aromatic ring is 1. The van der Waals surface area contributed by atoms with Crippen molar-refractivity contribution < 1.29 is 4.42 Å². The van der Waals surface area contributed by atoms with Crippen LogP contribution in [0.15, 0.2) is 32.6 Å². The number of fused-ring (bicyclic) bond motifs is 1. The first-order chi connectivity index (χ1) is 8.72. The van der Waals surface area contributed by atoms with E-state index in [1.165, 1.54) is 0 Å². The lowest BCUT2D eigenvalue weighted by Crippen LogP contribution is -2.16. The van der Waals surface area contributed by atoms with Crippen molar-refractivity contribution in [2.75, 3.05) is 11.1 Å². The number of nitrogens with one attached hydrogen (secondary N) is 2. The molecule has 0 bridgehead atoms. The molecular formula is C11H11N5O2. The lowest BCUT2D eigenvalue weighted by molar-refractivity contribution is 0.513. The minimum atomic E-state index is -0.277. The highest BCUT2D eigenvalue weighted by atomic mass is 16.3. The molecule has 0 amide bonds. The minimum Gasteiger partial charge on any atom is -0.467 e. The van der Waals surface area contributed by atoms with Crippen LogP contribution in [0.3, 0.4) is 0 Å². The van der Waals surface area contributed by atoms with Crippen LogP contribution < -0.4 is 16.6 Å². The molecule has 4 N–H and O–H groups in total. The normalized spacial score (nSPS) is 15.7. The first-order valence-electron chi connectivity index (χ1n) is 5.44. The Balaban J connectivity index is 1.82. The van der Waals surface area contributed by atoms with Crippen LogP contribution in [0.4, 0.5) is 11.6 Å². The predicted octanol–water partition coefficient (Wildman–Crippen LogP) is 0.512. The van der Waals surface area contributed by atoms with E-state index in [4.69, 9.17) is 10.2 Å². The molecule has 0 spiro atoms. The van der Waals surface area contributed by atoms with Gasteiger partial charge in [-0.15, -0.1) is 0 Å². The summed E-state index contributed by atoms with van der Waals surface area (Å²) in [5.41, 5.74) is 6.24. The van der Waals surface area contributed by atoms with Gasteiger partial charge in [-0.3, -0.25) is 14.8 Å². The number of hydrogen-bond donors (Lipinski definition) is 3. The molecule has 2 aromatic heterocycles. The lowest BCUT2D eigenvalue weighted by atomic mass is 10.3. The fraction of sp³-hybridized carbons (Fsp3) is 0.182. The smallest absolute Gasteiger partial charge is 0.276 e. The Morgan fingerprint density at radius 1 is 1.56 bits per heavy atom. The van der Waals surface area contributed by atoms with Crippen molar-refractivity contribution in [3.8, 4) is 0 Å². The average molecular weight is 245 g/mol. The van der Waals surface area contributed by atoms with Crippen LogP contribution >= 0.6 is 0 Å². The zero-order chi connectivity index (χ0) is 12.5. The Hall–Kier alpha value is -2.57. The summed E-state index contributed by atoms with van der Waals surface area (Å²) in [7, 11) is 0. The summed E-state index contributed by atoms with van der Waals surface area (Å²) in [5.74, 6) is 1.57. The van der Waals surface area contributed by atoms with Crippen LogP contribution in [0.1, 0.15) is 11.5 Å². The number of hydrogen-bond acceptors (Lipinski definition) is 5. The van der Waals surface area contributed by atoms with Gasteiger partial charge in [-0.1, -0.05) is 0 Å². The van der Waals surface area contributed by atoms with Gasteiger partial charge in [0.2, 0.25) is 5.95 Å². The average Bonchev–Trinajstić information content (AvgIpc) is 2.93. The van der Waals surface area contributed by atoms with E-state index in [9.17, 15) is 4.79 Å². The summed E-state index contributed by atoms with van der Waals surface area (Å²) in [6.45, 7) is 0.427. The third-order valence-corrected chi connectivity index (χ3v) is 2.62. The molecule has 1 aliphatic heterocycles. The van der Waals surface area contributed by atoms with Crippen LogP contribution in [-0.2, 0) is 13.0 Å². The third kappa shape index (κ3) is 1.86. The van der Waals surface area contributed by atoms with Crippen LogP contribution in [-0.4, -0.2) is 15.8 Å². The summed E-state index contributed by atoms with van der Waals surface area (Å²) in [4.78, 5) is 22.4. The second-order valence-corrected chi connectivity index (χ2v) is 3.92. The SMILES string of the molecule is Nc1nc2c(c(=O)[nH]1)NC(=NCc1ccco1)C2. The van der Waals surface area contributed by atoms with Gasteiger partial charge in [0, 0.05) is 0 Å². The highest BCUT2D eigenvalue weighted by molar-refractivity contribution is 6.02. The fourth-order valence-corrected chi connectivity index (χ4v) is 1.81. The van der Waals surface area contributed by atoms with Crippen LogP contribution in [0.5, 0.6) is 0 Å². The molecule has 0 fully saturated rings. The standard InChI is InChI=1S/C11H11N5O2/c12-11-14-7-4-8(15-9(7)10(17)16-11)13-5-6-2-1-3-18-6/h1-3H,4-5H2,(H,13,15)(H3,12,14,16,17). The van der Waals surface area contributed by atoms with E-state index in [0.717, 1.165) is 5.76 Å². The van der Waals surface area contributed by atoms with E-state index < -0.39 is 0 Å². The second-order valence-electron chi connectivity index (χ2n) is 3.92. The zero-order valence-corrected chi connectivity index (χ0v) is 9.43. The number of furan rings is 1. The Morgan fingerprint density at radius 2 is 2.44 bits per heavy atom. The van der Waals surface area contributed by atoms with E-state index in [-0.39, 0.29) is 11.5 Å². The zero-order valence-electron chi connectivity index (χ0n) is 9.43. The van der Waals surface area contributed by atoms with Crippen molar-refractivity contribution in [1.82, 2.24) is 9.97 Å². The van der Waals surface area contributed by atoms with Gasteiger partial charge in [0.15, 0.2) is 0 Å². The molecule has 0 atom stereocenters. The van der Waals surface area contributed by atoms with Crippen molar-refractivity contribution in [2.24, 2.45) is 4.99 Å². The number of H-pyrrole nitrogens is 1. The molecule has 7 heteroatoms. The molecule has 7 nitrogen and oxygen atoms in total. The topological polar surface area (TPSA) is 109 Å². The number of aliphatic imine (C=N–C) groups is 1. The summed E-state index contributed by atoms with van der Waals surface area (Å²) < 4.78 is 5.17. The minimum absolute atomic E-state index is 0.118. The Bertz CT molecular complexity index is 657. The molecular weight excluding hydrogens is 234 g/mol. The quantitative estimate of drug-likeness (QED) is 0.714. The number of anilines is 2. The molecule has 0 saturated heterocycles. The molecule has 2 aromatic rings. The van der Waals surface area contributed by atoms with Gasteiger partial charge in [0.05, 0.1) is 24.9 Å². The molecule has 0 unspecified atom stereocenters. The van der Waals surface area contributed by atoms with Crippen LogP contribution in [0, 0.1) is 0 Å². The second kappa shape index (κ2) is 4.02. The predicted molar refractivity (Wildman–Crippen MR) is 66.4 cm³/mol. The molecule has 0 saturated carbocycles. The van der Waals surface area contributed by atoms with Gasteiger partial charge in [0.1, 0.15) is 17.3 Å². The maximum atomic E-state index is 11.6. The van der Waals surface area contributed by atoms with Crippen molar-refractivity contribution in [3.05, 3.63) is 40.2 Å². The Labute approximate surface area is 102 Å². The van der Waals surface area contributed by atoms with Gasteiger partial charge >= 0.3 is 0 Å². The van der Waals surface area contributed by atoms with E-state index in [0.29, 0.717) is 30.2 Å². The molecule has 92 valence electrons. The van der Waals surface area contributed by atoms with Gasteiger partial charge in [-0.25, -0.2) is 4.98 Å². The Kier molecular flexibility index (Phi) is 2.36. The highest BCUT2D eigenvalue weighted by Crippen LogP contribution is 2.17. The molecule has 3 rings (SSSR count).